The van der Waals surface area contributed by atoms with Gasteiger partial charge in [0.25, 0.3) is 5.91 Å². The minimum Gasteiger partial charge on any atom is -0.457 e. The van der Waals surface area contributed by atoms with Gasteiger partial charge in [-0.05, 0) is 55.5 Å². The van der Waals surface area contributed by atoms with Crippen LogP contribution in [0.1, 0.15) is 51.1 Å². The second kappa shape index (κ2) is 6.66. The zero-order valence-electron chi connectivity index (χ0n) is 15.2. The van der Waals surface area contributed by atoms with E-state index in [1.807, 2.05) is 0 Å². The summed E-state index contributed by atoms with van der Waals surface area (Å²) in [4.78, 5) is 14.0. The Morgan fingerprint density at radius 1 is 1.07 bits per heavy atom. The summed E-state index contributed by atoms with van der Waals surface area (Å²) in [5, 5.41) is 7.06. The van der Waals surface area contributed by atoms with E-state index in [0.717, 1.165) is 53.9 Å². The molecule has 0 saturated carbocycles. The lowest BCUT2D eigenvalue weighted by Gasteiger charge is -2.25. The molecule has 8 heteroatoms. The molecule has 1 amide bonds. The average Bonchev–Trinajstić information content (AvgIpc) is 3.32. The number of halogens is 3. The van der Waals surface area contributed by atoms with Crippen molar-refractivity contribution in [3.05, 3.63) is 63.7 Å². The molecule has 1 aromatic carbocycles. The van der Waals surface area contributed by atoms with Gasteiger partial charge in [-0.3, -0.25) is 4.79 Å². The second-order valence-corrected chi connectivity index (χ2v) is 8.35. The summed E-state index contributed by atoms with van der Waals surface area (Å²) in [6.07, 6.45) is -0.843. The van der Waals surface area contributed by atoms with Crippen molar-refractivity contribution in [2.45, 2.75) is 38.0 Å². The maximum absolute atomic E-state index is 13.0. The normalized spacial score (nSPS) is 18.6. The summed E-state index contributed by atoms with van der Waals surface area (Å²) in [5.74, 6) is 0.626. The van der Waals surface area contributed by atoms with Crippen LogP contribution in [-0.4, -0.2) is 5.91 Å². The van der Waals surface area contributed by atoms with Gasteiger partial charge in [0.1, 0.15) is 16.5 Å². The summed E-state index contributed by atoms with van der Waals surface area (Å²) in [6, 6.07) is 8.29. The van der Waals surface area contributed by atoms with Gasteiger partial charge in [-0.25, -0.2) is 0 Å². The highest BCUT2D eigenvalue weighted by Gasteiger charge is 2.34. The molecule has 2 aliphatic rings. The van der Waals surface area contributed by atoms with Gasteiger partial charge in [-0.15, -0.1) is 11.3 Å². The molecule has 3 aromatic rings. The summed E-state index contributed by atoms with van der Waals surface area (Å²) < 4.78 is 44.7. The lowest BCUT2D eigenvalue weighted by atomic mass is 9.94. The Labute approximate surface area is 168 Å². The number of furan rings is 1. The summed E-state index contributed by atoms with van der Waals surface area (Å²) in [7, 11) is 0. The molecule has 3 heterocycles. The van der Waals surface area contributed by atoms with E-state index < -0.39 is 17.9 Å². The van der Waals surface area contributed by atoms with Crippen LogP contribution in [0.15, 0.2) is 40.8 Å². The van der Waals surface area contributed by atoms with Gasteiger partial charge in [-0.2, -0.15) is 13.2 Å². The van der Waals surface area contributed by atoms with E-state index in [1.165, 1.54) is 10.9 Å². The van der Waals surface area contributed by atoms with E-state index in [2.05, 4.69) is 10.6 Å². The second-order valence-electron chi connectivity index (χ2n) is 7.25. The minimum atomic E-state index is -4.42. The molecule has 1 aliphatic heterocycles. The van der Waals surface area contributed by atoms with E-state index >= 15 is 0 Å². The number of rotatable bonds is 2. The Morgan fingerprint density at radius 3 is 2.72 bits per heavy atom. The molecular formula is C21H17F3N2O2S. The lowest BCUT2D eigenvalue weighted by Crippen LogP contribution is -2.38. The van der Waals surface area contributed by atoms with Crippen molar-refractivity contribution < 1.29 is 22.4 Å². The van der Waals surface area contributed by atoms with Crippen molar-refractivity contribution >= 4 is 22.2 Å². The highest BCUT2D eigenvalue weighted by molar-refractivity contribution is 7.16. The molecule has 5 rings (SSSR count). The fraction of sp³-hybridized carbons (Fsp3) is 0.286. The molecule has 4 nitrogen and oxygen atoms in total. The van der Waals surface area contributed by atoms with Crippen LogP contribution >= 0.6 is 11.3 Å². The quantitative estimate of drug-likeness (QED) is 0.556. The van der Waals surface area contributed by atoms with Crippen LogP contribution < -0.4 is 10.6 Å². The number of carbonyl (C=O) groups is 1. The first kappa shape index (κ1) is 18.3. The fourth-order valence-electron chi connectivity index (χ4n) is 3.93. The molecule has 2 aromatic heterocycles. The van der Waals surface area contributed by atoms with E-state index in [0.29, 0.717) is 17.1 Å². The summed E-state index contributed by atoms with van der Waals surface area (Å²) in [6.45, 7) is 0. The molecule has 0 fully saturated rings. The molecule has 2 N–H and O–H groups in total. The molecular weight excluding hydrogens is 401 g/mol. The third kappa shape index (κ3) is 3.21. The third-order valence-corrected chi connectivity index (χ3v) is 6.56. The number of benzene rings is 1. The van der Waals surface area contributed by atoms with Gasteiger partial charge < -0.3 is 15.1 Å². The zero-order chi connectivity index (χ0) is 20.2. The van der Waals surface area contributed by atoms with E-state index in [-0.39, 0.29) is 5.91 Å². The van der Waals surface area contributed by atoms with Gasteiger partial charge >= 0.3 is 6.18 Å². The lowest BCUT2D eigenvalue weighted by molar-refractivity contribution is -0.137. The van der Waals surface area contributed by atoms with Crippen molar-refractivity contribution in [2.75, 3.05) is 5.32 Å². The number of alkyl halides is 3. The maximum atomic E-state index is 13.0. The number of amides is 1. The van der Waals surface area contributed by atoms with Gasteiger partial charge in [0.05, 0.1) is 11.1 Å². The van der Waals surface area contributed by atoms with Crippen molar-refractivity contribution in [3.8, 4) is 11.3 Å². The van der Waals surface area contributed by atoms with E-state index in [4.69, 9.17) is 4.42 Å². The predicted octanol–water partition coefficient (Wildman–Crippen LogP) is 5.76. The largest absolute Gasteiger partial charge is 0.457 e. The molecule has 1 aliphatic carbocycles. The number of carbonyl (C=O) groups excluding carboxylic acids is 1. The monoisotopic (exact) mass is 418 g/mol. The number of fused-ring (bicyclic) bond motifs is 3. The summed E-state index contributed by atoms with van der Waals surface area (Å²) >= 11 is 1.61. The first-order valence-corrected chi connectivity index (χ1v) is 10.2. The van der Waals surface area contributed by atoms with Crippen LogP contribution in [-0.2, 0) is 19.0 Å². The number of hydrogen-bond donors (Lipinski definition) is 2. The van der Waals surface area contributed by atoms with Crippen LogP contribution in [0, 0.1) is 0 Å². The van der Waals surface area contributed by atoms with E-state index in [1.54, 1.807) is 29.5 Å². The average molecular weight is 418 g/mol. The highest BCUT2D eigenvalue weighted by atomic mass is 32.1. The van der Waals surface area contributed by atoms with Crippen LogP contribution in [0.25, 0.3) is 11.3 Å². The van der Waals surface area contributed by atoms with Gasteiger partial charge in [0, 0.05) is 10.4 Å². The number of anilines is 1. The number of thiophene rings is 1. The molecule has 150 valence electrons. The zero-order valence-corrected chi connectivity index (χ0v) is 16.0. The molecule has 1 atom stereocenters. The maximum Gasteiger partial charge on any atom is 0.416 e. The molecule has 0 saturated heterocycles. The van der Waals surface area contributed by atoms with Gasteiger partial charge in [-0.1, -0.05) is 12.1 Å². The topological polar surface area (TPSA) is 54.3 Å². The smallest absolute Gasteiger partial charge is 0.416 e. The molecule has 0 unspecified atom stereocenters. The van der Waals surface area contributed by atoms with Crippen LogP contribution in [0.3, 0.4) is 0 Å². The fourth-order valence-corrected chi connectivity index (χ4v) is 5.25. The van der Waals surface area contributed by atoms with Crippen molar-refractivity contribution in [2.24, 2.45) is 0 Å². The Hall–Kier alpha value is -2.74. The first-order chi connectivity index (χ1) is 13.9. The van der Waals surface area contributed by atoms with E-state index in [9.17, 15) is 18.0 Å². The molecule has 0 spiro atoms. The number of hydrogen-bond acceptors (Lipinski definition) is 4. The highest BCUT2D eigenvalue weighted by Crippen LogP contribution is 2.42. The van der Waals surface area contributed by atoms with Crippen molar-refractivity contribution in [1.82, 2.24) is 5.32 Å². The standard InChI is InChI=1S/C21H17F3N2O2S/c22-21(23,24)12-5-3-4-11(10-12)14-8-9-15(28-14)18-25-19(27)17-13-6-1-2-7-16(13)29-20(17)26-18/h3-5,8-10,18,26H,1-2,6-7H2,(H,25,27)/t18-/m1/s1. The van der Waals surface area contributed by atoms with Crippen molar-refractivity contribution in [1.29, 1.82) is 0 Å². The van der Waals surface area contributed by atoms with Gasteiger partial charge in [0.15, 0.2) is 6.17 Å². The molecule has 0 bridgehead atoms. The SMILES string of the molecule is O=C1N[C@@H](c2ccc(-c3cccc(C(F)(F)F)c3)o2)Nc2sc3c(c21)CCCC3. The van der Waals surface area contributed by atoms with Crippen LogP contribution in [0.5, 0.6) is 0 Å². The summed E-state index contributed by atoms with van der Waals surface area (Å²) in [5.41, 5.74) is 1.47. The number of nitrogens with one attached hydrogen (secondary N) is 2. The Bertz CT molecular complexity index is 1100. The first-order valence-electron chi connectivity index (χ1n) is 9.39. The molecule has 29 heavy (non-hydrogen) atoms. The predicted molar refractivity (Wildman–Crippen MR) is 104 cm³/mol. The third-order valence-electron chi connectivity index (χ3n) is 5.33. The van der Waals surface area contributed by atoms with Gasteiger partial charge in [0.2, 0.25) is 0 Å². The van der Waals surface area contributed by atoms with Crippen molar-refractivity contribution in [3.63, 3.8) is 0 Å². The Balaban J connectivity index is 1.43. The van der Waals surface area contributed by atoms with Crippen LogP contribution in [0.4, 0.5) is 18.2 Å². The Kier molecular flexibility index (Phi) is 4.20. The number of aryl methyl sites for hydroxylation is 1. The van der Waals surface area contributed by atoms with Crippen LogP contribution in [0.2, 0.25) is 0 Å². The Morgan fingerprint density at radius 2 is 1.90 bits per heavy atom. The minimum absolute atomic E-state index is 0.139. The molecule has 0 radical (unpaired) electrons.